The van der Waals surface area contributed by atoms with Crippen LogP contribution in [0.3, 0.4) is 0 Å². The van der Waals surface area contributed by atoms with E-state index in [1.54, 1.807) is 0 Å². The summed E-state index contributed by atoms with van der Waals surface area (Å²) in [4.78, 5) is 19.8. The lowest BCUT2D eigenvalue weighted by molar-refractivity contribution is -0.121. The highest BCUT2D eigenvalue weighted by molar-refractivity contribution is 5.77. The molecule has 1 aromatic heterocycles. The Hall–Kier alpha value is -2.82. The van der Waals surface area contributed by atoms with Gasteiger partial charge in [0.15, 0.2) is 0 Å². The molecule has 1 amide bonds. The van der Waals surface area contributed by atoms with Crippen LogP contribution < -0.4 is 10.1 Å². The van der Waals surface area contributed by atoms with Crippen LogP contribution in [0.2, 0.25) is 0 Å². The standard InChI is InChI=1S/C20H23N3O2/c1-14(2)20-22-17-9-8-15(12-18(17)23-20)13-21-19(24)10-11-25-16-6-4-3-5-7-16/h3-9,12,14H,10-11,13H2,1-2H3,(H,21,24)(H,22,23). The number of benzene rings is 2. The molecule has 0 bridgehead atoms. The normalized spacial score (nSPS) is 11.0. The fraction of sp³-hybridized carbons (Fsp3) is 0.300. The molecule has 0 spiro atoms. The SMILES string of the molecule is CC(C)c1nc2ccc(CNC(=O)CCOc3ccccc3)cc2[nH]1. The lowest BCUT2D eigenvalue weighted by Gasteiger charge is -2.07. The van der Waals surface area contributed by atoms with Crippen LogP contribution in [0.1, 0.15) is 37.6 Å². The summed E-state index contributed by atoms with van der Waals surface area (Å²) in [5, 5.41) is 2.93. The summed E-state index contributed by atoms with van der Waals surface area (Å²) in [6.07, 6.45) is 0.332. The number of fused-ring (bicyclic) bond motifs is 1. The van der Waals surface area contributed by atoms with Crippen LogP contribution >= 0.6 is 0 Å². The van der Waals surface area contributed by atoms with Crippen molar-refractivity contribution < 1.29 is 9.53 Å². The summed E-state index contributed by atoms with van der Waals surface area (Å²) in [5.41, 5.74) is 3.00. The highest BCUT2D eigenvalue weighted by Crippen LogP contribution is 2.18. The molecule has 0 aliphatic heterocycles. The van der Waals surface area contributed by atoms with E-state index in [0.29, 0.717) is 25.5 Å². The van der Waals surface area contributed by atoms with Gasteiger partial charge in [-0.05, 0) is 29.8 Å². The van der Waals surface area contributed by atoms with Crippen molar-refractivity contribution in [2.45, 2.75) is 32.7 Å². The number of para-hydroxylation sites is 1. The molecule has 0 radical (unpaired) electrons. The van der Waals surface area contributed by atoms with Crippen molar-refractivity contribution in [1.29, 1.82) is 0 Å². The van der Waals surface area contributed by atoms with E-state index in [-0.39, 0.29) is 5.91 Å². The second-order valence-corrected chi connectivity index (χ2v) is 6.32. The lowest BCUT2D eigenvalue weighted by atomic mass is 10.2. The molecule has 0 saturated carbocycles. The van der Waals surface area contributed by atoms with Crippen molar-refractivity contribution in [1.82, 2.24) is 15.3 Å². The molecule has 2 aromatic carbocycles. The van der Waals surface area contributed by atoms with Crippen LogP contribution in [-0.2, 0) is 11.3 Å². The molecule has 3 rings (SSSR count). The summed E-state index contributed by atoms with van der Waals surface area (Å²) >= 11 is 0. The summed E-state index contributed by atoms with van der Waals surface area (Å²) < 4.78 is 5.54. The van der Waals surface area contributed by atoms with Gasteiger partial charge in [0.1, 0.15) is 11.6 Å². The molecule has 1 heterocycles. The maximum absolute atomic E-state index is 12.0. The fourth-order valence-corrected chi connectivity index (χ4v) is 2.53. The average molecular weight is 337 g/mol. The molecule has 0 fully saturated rings. The van der Waals surface area contributed by atoms with Gasteiger partial charge in [-0.25, -0.2) is 4.98 Å². The van der Waals surface area contributed by atoms with E-state index in [2.05, 4.69) is 29.1 Å². The average Bonchev–Trinajstić information content (AvgIpc) is 3.04. The Morgan fingerprint density at radius 3 is 2.76 bits per heavy atom. The van der Waals surface area contributed by atoms with Crippen molar-refractivity contribution in [3.63, 3.8) is 0 Å². The van der Waals surface area contributed by atoms with Crippen LogP contribution in [0, 0.1) is 0 Å². The molecule has 130 valence electrons. The largest absolute Gasteiger partial charge is 0.493 e. The number of nitrogens with one attached hydrogen (secondary N) is 2. The van der Waals surface area contributed by atoms with Gasteiger partial charge < -0.3 is 15.0 Å². The Morgan fingerprint density at radius 2 is 2.00 bits per heavy atom. The van der Waals surface area contributed by atoms with E-state index < -0.39 is 0 Å². The first kappa shape index (κ1) is 17.0. The molecule has 0 aliphatic carbocycles. The third kappa shape index (κ3) is 4.59. The zero-order valence-corrected chi connectivity index (χ0v) is 14.6. The number of hydrogen-bond donors (Lipinski definition) is 2. The van der Waals surface area contributed by atoms with Crippen LogP contribution in [-0.4, -0.2) is 22.5 Å². The number of hydrogen-bond acceptors (Lipinski definition) is 3. The van der Waals surface area contributed by atoms with Gasteiger partial charge in [-0.1, -0.05) is 38.1 Å². The number of carbonyl (C=O) groups is 1. The number of carbonyl (C=O) groups excluding carboxylic acids is 1. The van der Waals surface area contributed by atoms with Gasteiger partial charge in [-0.15, -0.1) is 0 Å². The van der Waals surface area contributed by atoms with Gasteiger partial charge in [0, 0.05) is 12.5 Å². The predicted molar refractivity (Wildman–Crippen MR) is 98.6 cm³/mol. The van der Waals surface area contributed by atoms with Crippen LogP contribution in [0.4, 0.5) is 0 Å². The third-order valence-corrected chi connectivity index (χ3v) is 3.94. The number of H-pyrrole nitrogens is 1. The molecular formula is C20H23N3O2. The Bertz CT molecular complexity index is 841. The summed E-state index contributed by atoms with van der Waals surface area (Å²) in [7, 11) is 0. The molecule has 25 heavy (non-hydrogen) atoms. The lowest BCUT2D eigenvalue weighted by Crippen LogP contribution is -2.24. The predicted octanol–water partition coefficient (Wildman–Crippen LogP) is 3.77. The van der Waals surface area contributed by atoms with Gasteiger partial charge in [-0.2, -0.15) is 0 Å². The highest BCUT2D eigenvalue weighted by Gasteiger charge is 2.07. The minimum Gasteiger partial charge on any atom is -0.493 e. The summed E-state index contributed by atoms with van der Waals surface area (Å²) in [6.45, 7) is 5.08. The van der Waals surface area contributed by atoms with Crippen LogP contribution in [0.25, 0.3) is 11.0 Å². The van der Waals surface area contributed by atoms with Gasteiger partial charge in [-0.3, -0.25) is 4.79 Å². The molecule has 5 heteroatoms. The maximum atomic E-state index is 12.0. The van der Waals surface area contributed by atoms with E-state index in [1.807, 2.05) is 48.5 Å². The quantitative estimate of drug-likeness (QED) is 0.689. The van der Waals surface area contributed by atoms with Crippen molar-refractivity contribution in [3.05, 3.63) is 59.9 Å². The number of nitrogens with zero attached hydrogens (tertiary/aromatic N) is 1. The summed E-state index contributed by atoms with van der Waals surface area (Å²) in [6, 6.07) is 15.5. The molecule has 2 N–H and O–H groups in total. The number of aromatic nitrogens is 2. The van der Waals surface area contributed by atoms with Crippen LogP contribution in [0.15, 0.2) is 48.5 Å². The van der Waals surface area contributed by atoms with Crippen molar-refractivity contribution in [2.24, 2.45) is 0 Å². The fourth-order valence-electron chi connectivity index (χ4n) is 2.53. The number of ether oxygens (including phenoxy) is 1. The zero-order chi connectivity index (χ0) is 17.6. The van der Waals surface area contributed by atoms with Crippen molar-refractivity contribution in [2.75, 3.05) is 6.61 Å². The van der Waals surface area contributed by atoms with Crippen molar-refractivity contribution in [3.8, 4) is 5.75 Å². The Morgan fingerprint density at radius 1 is 1.20 bits per heavy atom. The minimum atomic E-state index is -0.0245. The number of imidazole rings is 1. The first-order valence-corrected chi connectivity index (χ1v) is 8.55. The topological polar surface area (TPSA) is 67.0 Å². The second-order valence-electron chi connectivity index (χ2n) is 6.32. The molecule has 0 atom stereocenters. The Labute approximate surface area is 147 Å². The van der Waals surface area contributed by atoms with Crippen molar-refractivity contribution >= 4 is 16.9 Å². The first-order chi connectivity index (χ1) is 12.1. The minimum absolute atomic E-state index is 0.0245. The van der Waals surface area contributed by atoms with E-state index in [0.717, 1.165) is 28.2 Å². The van der Waals surface area contributed by atoms with Gasteiger partial charge in [0.2, 0.25) is 5.91 Å². The number of rotatable bonds is 7. The van der Waals surface area contributed by atoms with Gasteiger partial charge >= 0.3 is 0 Å². The van der Waals surface area contributed by atoms with E-state index >= 15 is 0 Å². The van der Waals surface area contributed by atoms with Gasteiger partial charge in [0.25, 0.3) is 0 Å². The Kier molecular flexibility index (Phi) is 5.33. The first-order valence-electron chi connectivity index (χ1n) is 8.55. The van der Waals surface area contributed by atoms with E-state index in [9.17, 15) is 4.79 Å². The monoisotopic (exact) mass is 337 g/mol. The molecular weight excluding hydrogens is 314 g/mol. The number of amides is 1. The zero-order valence-electron chi connectivity index (χ0n) is 14.6. The molecule has 5 nitrogen and oxygen atoms in total. The second kappa shape index (κ2) is 7.83. The van der Waals surface area contributed by atoms with E-state index in [1.165, 1.54) is 0 Å². The summed E-state index contributed by atoms with van der Waals surface area (Å²) in [5.74, 6) is 2.10. The molecule has 0 unspecified atom stereocenters. The molecule has 0 aliphatic rings. The smallest absolute Gasteiger partial charge is 0.223 e. The van der Waals surface area contributed by atoms with E-state index in [4.69, 9.17) is 4.74 Å². The highest BCUT2D eigenvalue weighted by atomic mass is 16.5. The third-order valence-electron chi connectivity index (χ3n) is 3.94. The van der Waals surface area contributed by atoms with Gasteiger partial charge in [0.05, 0.1) is 24.1 Å². The maximum Gasteiger partial charge on any atom is 0.223 e. The molecule has 3 aromatic rings. The Balaban J connectivity index is 1.49. The molecule has 0 saturated heterocycles. The number of aromatic amines is 1. The van der Waals surface area contributed by atoms with Crippen LogP contribution in [0.5, 0.6) is 5.75 Å².